The van der Waals surface area contributed by atoms with E-state index in [2.05, 4.69) is 15.3 Å². The number of rotatable bonds is 4. The molecule has 2 aromatic rings. The summed E-state index contributed by atoms with van der Waals surface area (Å²) in [5, 5.41) is 14.1. The lowest BCUT2D eigenvalue weighted by Gasteiger charge is -2.18. The molecule has 1 saturated carbocycles. The molecule has 2 unspecified atom stereocenters. The number of nitrogens with two attached hydrogens (primary N) is 1. The van der Waals surface area contributed by atoms with E-state index in [1.807, 2.05) is 0 Å². The monoisotopic (exact) mass is 275 g/mol. The maximum Gasteiger partial charge on any atom is 0.271 e. The average molecular weight is 275 g/mol. The van der Waals surface area contributed by atoms with Crippen LogP contribution in [-0.2, 0) is 0 Å². The molecule has 4 N–H and O–H groups in total. The van der Waals surface area contributed by atoms with Gasteiger partial charge < -0.3 is 16.0 Å². The van der Waals surface area contributed by atoms with Gasteiger partial charge in [-0.3, -0.25) is 10.1 Å². The first kappa shape index (κ1) is 12.9. The van der Waals surface area contributed by atoms with Gasteiger partial charge in [0.1, 0.15) is 0 Å². The highest BCUT2D eigenvalue weighted by molar-refractivity contribution is 5.79. The minimum atomic E-state index is -0.408. The molecule has 1 aromatic heterocycles. The number of nitrogens with zero attached hydrogens (tertiary/aromatic N) is 2. The third-order valence-electron chi connectivity index (χ3n) is 3.96. The fourth-order valence-corrected chi connectivity index (χ4v) is 2.86. The number of non-ortho nitro benzene ring substituents is 1. The predicted molar refractivity (Wildman–Crippen MR) is 76.6 cm³/mol. The minimum absolute atomic E-state index is 0.0633. The van der Waals surface area contributed by atoms with E-state index in [0.717, 1.165) is 18.4 Å². The van der Waals surface area contributed by atoms with E-state index in [-0.39, 0.29) is 5.69 Å². The van der Waals surface area contributed by atoms with Crippen LogP contribution in [0.25, 0.3) is 11.0 Å². The van der Waals surface area contributed by atoms with Gasteiger partial charge in [0.25, 0.3) is 5.69 Å². The van der Waals surface area contributed by atoms with E-state index in [0.29, 0.717) is 30.0 Å². The molecule has 1 aliphatic carbocycles. The lowest BCUT2D eigenvalue weighted by molar-refractivity contribution is -0.384. The normalized spacial score (nSPS) is 22.2. The molecule has 0 radical (unpaired) electrons. The van der Waals surface area contributed by atoms with Crippen molar-refractivity contribution in [3.63, 3.8) is 0 Å². The van der Waals surface area contributed by atoms with E-state index >= 15 is 0 Å². The van der Waals surface area contributed by atoms with Crippen LogP contribution in [0.3, 0.4) is 0 Å². The second-order valence-corrected chi connectivity index (χ2v) is 5.22. The zero-order valence-electron chi connectivity index (χ0n) is 11.0. The first-order valence-electron chi connectivity index (χ1n) is 6.78. The molecule has 0 spiro atoms. The van der Waals surface area contributed by atoms with Crippen LogP contribution in [0.15, 0.2) is 18.2 Å². The fraction of sp³-hybridized carbons (Fsp3) is 0.462. The second-order valence-electron chi connectivity index (χ2n) is 5.22. The molecule has 0 saturated heterocycles. The van der Waals surface area contributed by atoms with Crippen molar-refractivity contribution in [3.05, 3.63) is 28.3 Å². The number of H-pyrrole nitrogens is 1. The van der Waals surface area contributed by atoms with Gasteiger partial charge in [0, 0.05) is 18.2 Å². The third kappa shape index (κ3) is 2.32. The van der Waals surface area contributed by atoms with Crippen molar-refractivity contribution in [2.75, 3.05) is 11.9 Å². The minimum Gasteiger partial charge on any atom is -0.353 e. The number of anilines is 1. The molecule has 7 nitrogen and oxygen atoms in total. The number of hydrogen-bond acceptors (Lipinski definition) is 5. The summed E-state index contributed by atoms with van der Waals surface area (Å²) in [5.41, 5.74) is 7.22. The molecule has 1 aliphatic rings. The summed E-state index contributed by atoms with van der Waals surface area (Å²) < 4.78 is 0. The standard InChI is InChI=1S/C13H17N5O2/c14-7-8-2-1-3-10(8)15-13-16-11-5-4-9(18(19)20)6-12(11)17-13/h4-6,8,10H,1-3,7,14H2,(H2,15,16,17). The van der Waals surface area contributed by atoms with Crippen LogP contribution in [0.1, 0.15) is 19.3 Å². The van der Waals surface area contributed by atoms with E-state index < -0.39 is 4.92 Å². The summed E-state index contributed by atoms with van der Waals surface area (Å²) in [5.74, 6) is 1.13. The number of nitro groups is 1. The molecule has 1 heterocycles. The van der Waals surface area contributed by atoms with Crippen LogP contribution in [0.2, 0.25) is 0 Å². The molecule has 0 bridgehead atoms. The molecule has 0 aliphatic heterocycles. The van der Waals surface area contributed by atoms with Crippen molar-refractivity contribution in [1.29, 1.82) is 0 Å². The number of benzene rings is 1. The van der Waals surface area contributed by atoms with Gasteiger partial charge in [-0.2, -0.15) is 0 Å². The van der Waals surface area contributed by atoms with E-state index in [1.54, 1.807) is 6.07 Å². The number of imidazole rings is 1. The van der Waals surface area contributed by atoms with Crippen molar-refractivity contribution in [2.24, 2.45) is 11.7 Å². The van der Waals surface area contributed by atoms with Crippen LogP contribution >= 0.6 is 0 Å². The molecule has 1 fully saturated rings. The Morgan fingerprint density at radius 3 is 3.10 bits per heavy atom. The van der Waals surface area contributed by atoms with Crippen LogP contribution in [0.5, 0.6) is 0 Å². The molecule has 2 atom stereocenters. The Bertz CT molecular complexity index is 639. The highest BCUT2D eigenvalue weighted by Crippen LogP contribution is 2.28. The highest BCUT2D eigenvalue weighted by atomic mass is 16.6. The van der Waals surface area contributed by atoms with Gasteiger partial charge in [0.2, 0.25) is 5.95 Å². The van der Waals surface area contributed by atoms with Gasteiger partial charge in [-0.05, 0) is 31.4 Å². The van der Waals surface area contributed by atoms with E-state index in [9.17, 15) is 10.1 Å². The maximum atomic E-state index is 10.8. The third-order valence-corrected chi connectivity index (χ3v) is 3.96. The van der Waals surface area contributed by atoms with Gasteiger partial charge in [-0.25, -0.2) is 4.98 Å². The molecular weight excluding hydrogens is 258 g/mol. The Morgan fingerprint density at radius 2 is 2.35 bits per heavy atom. The Labute approximate surface area is 115 Å². The Balaban J connectivity index is 1.84. The van der Waals surface area contributed by atoms with Crippen LogP contribution in [-0.4, -0.2) is 27.5 Å². The number of hydrogen-bond donors (Lipinski definition) is 3. The summed E-state index contributed by atoms with van der Waals surface area (Å²) in [6.45, 7) is 0.670. The SMILES string of the molecule is NCC1CCCC1Nc1nc2ccc([N+](=O)[O-])cc2[nH]1. The number of aromatic nitrogens is 2. The average Bonchev–Trinajstić information content (AvgIpc) is 3.03. The number of aromatic amines is 1. The van der Waals surface area contributed by atoms with Crippen LogP contribution < -0.4 is 11.1 Å². The largest absolute Gasteiger partial charge is 0.353 e. The van der Waals surface area contributed by atoms with Gasteiger partial charge in [-0.15, -0.1) is 0 Å². The number of fused-ring (bicyclic) bond motifs is 1. The number of nitro benzene ring substituents is 1. The molecule has 0 amide bonds. The molecule has 1 aromatic carbocycles. The lowest BCUT2D eigenvalue weighted by atomic mass is 10.0. The maximum absolute atomic E-state index is 10.8. The molecule has 20 heavy (non-hydrogen) atoms. The zero-order chi connectivity index (χ0) is 14.1. The van der Waals surface area contributed by atoms with Crippen molar-refractivity contribution in [2.45, 2.75) is 25.3 Å². The Kier molecular flexibility index (Phi) is 3.27. The topological polar surface area (TPSA) is 110 Å². The Hall–Kier alpha value is -2.15. The van der Waals surface area contributed by atoms with Gasteiger partial charge >= 0.3 is 0 Å². The smallest absolute Gasteiger partial charge is 0.271 e. The Morgan fingerprint density at radius 1 is 1.50 bits per heavy atom. The van der Waals surface area contributed by atoms with Crippen molar-refractivity contribution >= 4 is 22.7 Å². The van der Waals surface area contributed by atoms with Crippen molar-refractivity contribution in [3.8, 4) is 0 Å². The zero-order valence-corrected chi connectivity index (χ0v) is 11.0. The molecule has 106 valence electrons. The van der Waals surface area contributed by atoms with Gasteiger partial charge in [0.15, 0.2) is 0 Å². The predicted octanol–water partition coefficient (Wildman–Crippen LogP) is 2.01. The van der Waals surface area contributed by atoms with Crippen molar-refractivity contribution < 1.29 is 4.92 Å². The lowest BCUT2D eigenvalue weighted by Crippen LogP contribution is -2.29. The molecule has 3 rings (SSSR count). The van der Waals surface area contributed by atoms with Gasteiger partial charge in [0.05, 0.1) is 16.0 Å². The highest BCUT2D eigenvalue weighted by Gasteiger charge is 2.26. The second kappa shape index (κ2) is 5.09. The summed E-state index contributed by atoms with van der Waals surface area (Å²) in [4.78, 5) is 17.9. The van der Waals surface area contributed by atoms with Crippen LogP contribution in [0, 0.1) is 16.0 Å². The van der Waals surface area contributed by atoms with Gasteiger partial charge in [-0.1, -0.05) is 6.42 Å². The van der Waals surface area contributed by atoms with E-state index in [1.165, 1.54) is 18.6 Å². The summed E-state index contributed by atoms with van der Waals surface area (Å²) >= 11 is 0. The molecule has 7 heteroatoms. The first-order valence-corrected chi connectivity index (χ1v) is 6.78. The van der Waals surface area contributed by atoms with E-state index in [4.69, 9.17) is 5.73 Å². The molecular formula is C13H17N5O2. The summed E-state index contributed by atoms with van der Waals surface area (Å²) in [6, 6.07) is 4.95. The summed E-state index contributed by atoms with van der Waals surface area (Å²) in [6.07, 6.45) is 3.39. The number of nitrogens with one attached hydrogen (secondary N) is 2. The summed E-state index contributed by atoms with van der Waals surface area (Å²) in [7, 11) is 0. The van der Waals surface area contributed by atoms with Crippen molar-refractivity contribution in [1.82, 2.24) is 9.97 Å². The van der Waals surface area contributed by atoms with Crippen LogP contribution in [0.4, 0.5) is 11.6 Å². The fourth-order valence-electron chi connectivity index (χ4n) is 2.86. The quantitative estimate of drug-likeness (QED) is 0.584. The first-order chi connectivity index (χ1) is 9.67.